The zero-order chi connectivity index (χ0) is 26.2. The molecule has 3 fully saturated rings. The number of nitrogens with zero attached hydrogens (tertiary/aromatic N) is 3. The van der Waals surface area contributed by atoms with Gasteiger partial charge in [0.25, 0.3) is 0 Å². The number of carboxylic acid groups (broad SMARTS) is 1. The number of carbonyl (C=O) groups excluding carboxylic acids is 3. The van der Waals surface area contributed by atoms with Crippen LogP contribution in [0.15, 0.2) is 24.3 Å². The van der Waals surface area contributed by atoms with Gasteiger partial charge in [0.15, 0.2) is 0 Å². The van der Waals surface area contributed by atoms with Crippen molar-refractivity contribution in [2.75, 3.05) is 34.4 Å². The summed E-state index contributed by atoms with van der Waals surface area (Å²) in [5, 5.41) is 9.56. The van der Waals surface area contributed by atoms with Crippen LogP contribution in [0, 0.1) is 11.3 Å². The molecule has 36 heavy (non-hydrogen) atoms. The normalized spacial score (nSPS) is 26.4. The van der Waals surface area contributed by atoms with Crippen LogP contribution in [0.2, 0.25) is 0 Å². The molecule has 11 heteroatoms. The third-order valence-electron chi connectivity index (χ3n) is 7.84. The van der Waals surface area contributed by atoms with E-state index < -0.39 is 41.5 Å². The standard InChI is InChI=1S/C25H34N4O7/c1-27(24(33)34)18(10-15-4-5-15)22(31)29-14-25(11-19(29)21(26)30)20(36-3)13-28(23(25)32)12-16-6-8-17(35-2)9-7-16/h6-9,15,18-20H,4-5,10-14H2,1-3H3,(H2,26,30)(H,33,34)/t18-,19-,20?,25-/m0/s1. The Morgan fingerprint density at radius 3 is 2.42 bits per heavy atom. The summed E-state index contributed by atoms with van der Waals surface area (Å²) in [6, 6.07) is 5.41. The molecule has 2 heterocycles. The zero-order valence-corrected chi connectivity index (χ0v) is 20.9. The first-order chi connectivity index (χ1) is 17.1. The van der Waals surface area contributed by atoms with Crippen LogP contribution in [0.4, 0.5) is 4.79 Å². The van der Waals surface area contributed by atoms with Gasteiger partial charge in [0.1, 0.15) is 17.8 Å². The van der Waals surface area contributed by atoms with Gasteiger partial charge in [-0.3, -0.25) is 19.3 Å². The maximum Gasteiger partial charge on any atom is 0.407 e. The molecule has 1 unspecified atom stereocenters. The van der Waals surface area contributed by atoms with Crippen LogP contribution >= 0.6 is 0 Å². The number of hydrogen-bond donors (Lipinski definition) is 2. The Hall–Kier alpha value is -3.34. The monoisotopic (exact) mass is 502 g/mol. The Bertz CT molecular complexity index is 1030. The second-order valence-corrected chi connectivity index (χ2v) is 10.1. The molecule has 3 N–H and O–H groups in total. The van der Waals surface area contributed by atoms with Crippen molar-refractivity contribution in [3.8, 4) is 5.75 Å². The molecule has 4 atom stereocenters. The van der Waals surface area contributed by atoms with Crippen LogP contribution in [-0.2, 0) is 25.7 Å². The van der Waals surface area contributed by atoms with Crippen molar-refractivity contribution in [2.24, 2.45) is 17.1 Å². The molecule has 0 bridgehead atoms. The Morgan fingerprint density at radius 2 is 1.89 bits per heavy atom. The number of benzene rings is 1. The summed E-state index contributed by atoms with van der Waals surface area (Å²) in [7, 11) is 4.44. The molecule has 196 valence electrons. The third kappa shape index (κ3) is 4.71. The number of methoxy groups -OCH3 is 2. The van der Waals surface area contributed by atoms with Gasteiger partial charge in [0, 0.05) is 33.8 Å². The van der Waals surface area contributed by atoms with E-state index >= 15 is 0 Å². The summed E-state index contributed by atoms with van der Waals surface area (Å²) in [6.45, 7) is 0.589. The molecule has 1 aliphatic carbocycles. The van der Waals surface area contributed by atoms with Crippen molar-refractivity contribution >= 4 is 23.8 Å². The Morgan fingerprint density at radius 1 is 1.22 bits per heavy atom. The van der Waals surface area contributed by atoms with Gasteiger partial charge >= 0.3 is 6.09 Å². The first-order valence-electron chi connectivity index (χ1n) is 12.1. The fraction of sp³-hybridized carbons (Fsp3) is 0.600. The van der Waals surface area contributed by atoms with E-state index in [0.717, 1.165) is 23.3 Å². The maximum absolute atomic E-state index is 13.8. The summed E-state index contributed by atoms with van der Waals surface area (Å²) < 4.78 is 10.9. The molecule has 1 saturated carbocycles. The highest BCUT2D eigenvalue weighted by Crippen LogP contribution is 2.46. The van der Waals surface area contributed by atoms with Gasteiger partial charge in [-0.25, -0.2) is 4.79 Å². The van der Waals surface area contributed by atoms with E-state index in [-0.39, 0.29) is 24.8 Å². The van der Waals surface area contributed by atoms with Crippen molar-refractivity contribution in [3.63, 3.8) is 0 Å². The summed E-state index contributed by atoms with van der Waals surface area (Å²) in [4.78, 5) is 55.6. The van der Waals surface area contributed by atoms with Crippen molar-refractivity contribution in [1.82, 2.24) is 14.7 Å². The maximum atomic E-state index is 13.8. The zero-order valence-electron chi connectivity index (χ0n) is 20.9. The van der Waals surface area contributed by atoms with Crippen molar-refractivity contribution < 1.29 is 33.8 Å². The summed E-state index contributed by atoms with van der Waals surface area (Å²) in [5.74, 6) is -0.455. The molecular weight excluding hydrogens is 468 g/mol. The van der Waals surface area contributed by atoms with Gasteiger partial charge in [0.2, 0.25) is 17.7 Å². The third-order valence-corrected chi connectivity index (χ3v) is 7.84. The van der Waals surface area contributed by atoms with E-state index in [0.29, 0.717) is 25.3 Å². The van der Waals surface area contributed by atoms with Crippen LogP contribution in [0.1, 0.15) is 31.2 Å². The molecule has 2 saturated heterocycles. The number of carbonyl (C=O) groups is 4. The molecule has 4 amide bonds. The Balaban J connectivity index is 1.59. The van der Waals surface area contributed by atoms with Crippen molar-refractivity contribution in [1.29, 1.82) is 0 Å². The number of amides is 4. The number of rotatable bonds is 9. The minimum absolute atomic E-state index is 0.0391. The average molecular weight is 503 g/mol. The van der Waals surface area contributed by atoms with Crippen LogP contribution in [-0.4, -0.2) is 96.2 Å². The SMILES string of the molecule is COc1ccc(CN2CC(OC)[C@@]3(C[C@@H](C(N)=O)N(C(=O)[C@H](CC4CC4)N(C)C(=O)O)C3)C2=O)cc1. The lowest BCUT2D eigenvalue weighted by atomic mass is 9.81. The molecule has 11 nitrogen and oxygen atoms in total. The van der Waals surface area contributed by atoms with E-state index in [1.807, 2.05) is 24.3 Å². The molecule has 1 aromatic carbocycles. The first-order valence-corrected chi connectivity index (χ1v) is 12.1. The second-order valence-electron chi connectivity index (χ2n) is 10.1. The van der Waals surface area contributed by atoms with Gasteiger partial charge in [0.05, 0.1) is 18.6 Å². The van der Waals surface area contributed by atoms with Crippen LogP contribution in [0.25, 0.3) is 0 Å². The highest BCUT2D eigenvalue weighted by Gasteiger charge is 2.62. The predicted octanol–water partition coefficient (Wildman–Crippen LogP) is 0.904. The lowest BCUT2D eigenvalue weighted by molar-refractivity contribution is -0.142. The second kappa shape index (κ2) is 9.96. The largest absolute Gasteiger partial charge is 0.497 e. The lowest BCUT2D eigenvalue weighted by Crippen LogP contribution is -2.53. The van der Waals surface area contributed by atoms with Crippen LogP contribution in [0.3, 0.4) is 0 Å². The van der Waals surface area contributed by atoms with Crippen LogP contribution in [0.5, 0.6) is 5.75 Å². The Kier molecular flexibility index (Phi) is 7.12. The highest BCUT2D eigenvalue weighted by atomic mass is 16.5. The van der Waals surface area contributed by atoms with Gasteiger partial charge in [-0.05, 0) is 36.5 Å². The number of likely N-dealkylation sites (tertiary alicyclic amines) is 2. The summed E-state index contributed by atoms with van der Waals surface area (Å²) in [5.41, 5.74) is 5.47. The van der Waals surface area contributed by atoms with Gasteiger partial charge in [-0.15, -0.1) is 0 Å². The number of ether oxygens (including phenoxy) is 2. The summed E-state index contributed by atoms with van der Waals surface area (Å²) >= 11 is 0. The fourth-order valence-electron chi connectivity index (χ4n) is 5.52. The van der Waals surface area contributed by atoms with E-state index in [1.165, 1.54) is 19.1 Å². The molecule has 1 spiro atoms. The average Bonchev–Trinajstić information content (AvgIpc) is 3.54. The van der Waals surface area contributed by atoms with E-state index in [4.69, 9.17) is 15.2 Å². The number of nitrogens with two attached hydrogens (primary N) is 1. The quantitative estimate of drug-likeness (QED) is 0.511. The molecular formula is C25H34N4O7. The molecule has 2 aliphatic heterocycles. The first kappa shape index (κ1) is 25.7. The van der Waals surface area contributed by atoms with E-state index in [1.54, 1.807) is 12.0 Å². The topological polar surface area (TPSA) is 143 Å². The number of primary amides is 1. The Labute approximate surface area is 210 Å². The van der Waals surface area contributed by atoms with Gasteiger partial charge in [-0.1, -0.05) is 25.0 Å². The van der Waals surface area contributed by atoms with Crippen LogP contribution < -0.4 is 10.5 Å². The van der Waals surface area contributed by atoms with Crippen molar-refractivity contribution in [2.45, 2.75) is 50.4 Å². The lowest BCUT2D eigenvalue weighted by Gasteiger charge is -2.32. The fourth-order valence-corrected chi connectivity index (χ4v) is 5.52. The number of likely N-dealkylation sites (N-methyl/N-ethyl adjacent to an activating group) is 1. The predicted molar refractivity (Wildman–Crippen MR) is 128 cm³/mol. The summed E-state index contributed by atoms with van der Waals surface area (Å²) in [6.07, 6.45) is 0.507. The molecule has 0 aromatic heterocycles. The smallest absolute Gasteiger partial charge is 0.407 e. The van der Waals surface area contributed by atoms with E-state index in [9.17, 15) is 24.3 Å². The highest BCUT2D eigenvalue weighted by molar-refractivity contribution is 5.95. The minimum atomic E-state index is -1.23. The molecule has 1 aromatic rings. The minimum Gasteiger partial charge on any atom is -0.497 e. The van der Waals surface area contributed by atoms with Gasteiger partial charge < -0.3 is 30.1 Å². The molecule has 0 radical (unpaired) electrons. The van der Waals surface area contributed by atoms with Gasteiger partial charge in [-0.2, -0.15) is 0 Å². The van der Waals surface area contributed by atoms with E-state index in [2.05, 4.69) is 0 Å². The molecule has 4 rings (SSSR count). The van der Waals surface area contributed by atoms with Crippen molar-refractivity contribution in [3.05, 3.63) is 29.8 Å². The number of hydrogen-bond acceptors (Lipinski definition) is 6. The molecule has 3 aliphatic rings.